The first-order valence-corrected chi connectivity index (χ1v) is 6.72. The SMILES string of the molecule is CCC1CC1Nc1ccc(C(=O)O)c2ccccc12. The topological polar surface area (TPSA) is 49.3 Å². The molecule has 0 aromatic heterocycles. The molecule has 19 heavy (non-hydrogen) atoms. The highest BCUT2D eigenvalue weighted by Crippen LogP contribution is 2.38. The van der Waals surface area contributed by atoms with E-state index in [2.05, 4.69) is 12.2 Å². The van der Waals surface area contributed by atoms with E-state index in [4.69, 9.17) is 0 Å². The molecule has 0 spiro atoms. The summed E-state index contributed by atoms with van der Waals surface area (Å²) >= 11 is 0. The van der Waals surface area contributed by atoms with E-state index < -0.39 is 5.97 Å². The lowest BCUT2D eigenvalue weighted by Gasteiger charge is -2.11. The van der Waals surface area contributed by atoms with Gasteiger partial charge in [0.2, 0.25) is 0 Å². The van der Waals surface area contributed by atoms with Gasteiger partial charge in [-0.2, -0.15) is 0 Å². The van der Waals surface area contributed by atoms with Gasteiger partial charge in [-0.1, -0.05) is 37.6 Å². The second-order valence-electron chi connectivity index (χ2n) is 5.17. The molecular weight excluding hydrogens is 238 g/mol. The van der Waals surface area contributed by atoms with Crippen molar-refractivity contribution >= 4 is 22.4 Å². The molecule has 3 heteroatoms. The molecular formula is C16H17NO2. The fraction of sp³-hybridized carbons (Fsp3) is 0.312. The Labute approximate surface area is 112 Å². The van der Waals surface area contributed by atoms with Crippen molar-refractivity contribution < 1.29 is 9.90 Å². The molecule has 2 aromatic carbocycles. The fourth-order valence-electron chi connectivity index (χ4n) is 2.69. The Kier molecular flexibility index (Phi) is 2.90. The number of nitrogens with one attached hydrogen (secondary N) is 1. The lowest BCUT2D eigenvalue weighted by molar-refractivity contribution is 0.0699. The van der Waals surface area contributed by atoms with Crippen LogP contribution in [-0.4, -0.2) is 17.1 Å². The van der Waals surface area contributed by atoms with Crippen LogP contribution >= 0.6 is 0 Å². The summed E-state index contributed by atoms with van der Waals surface area (Å²) in [5, 5.41) is 14.6. The van der Waals surface area contributed by atoms with E-state index in [1.807, 2.05) is 30.3 Å². The zero-order valence-electron chi connectivity index (χ0n) is 10.9. The van der Waals surface area contributed by atoms with Crippen LogP contribution in [0.25, 0.3) is 10.8 Å². The maximum atomic E-state index is 11.2. The Morgan fingerprint density at radius 3 is 2.63 bits per heavy atom. The maximum absolute atomic E-state index is 11.2. The Balaban J connectivity index is 2.02. The van der Waals surface area contributed by atoms with E-state index in [0.29, 0.717) is 11.6 Å². The molecule has 98 valence electrons. The van der Waals surface area contributed by atoms with E-state index in [0.717, 1.165) is 22.4 Å². The van der Waals surface area contributed by atoms with Crippen LogP contribution in [0.4, 0.5) is 5.69 Å². The van der Waals surface area contributed by atoms with Gasteiger partial charge >= 0.3 is 5.97 Å². The fourth-order valence-corrected chi connectivity index (χ4v) is 2.69. The van der Waals surface area contributed by atoms with Crippen LogP contribution in [0.2, 0.25) is 0 Å². The number of hydrogen-bond acceptors (Lipinski definition) is 2. The van der Waals surface area contributed by atoms with Gasteiger partial charge in [0, 0.05) is 17.1 Å². The minimum Gasteiger partial charge on any atom is -0.478 e. The van der Waals surface area contributed by atoms with Crippen LogP contribution in [-0.2, 0) is 0 Å². The van der Waals surface area contributed by atoms with Gasteiger partial charge in [0.1, 0.15) is 0 Å². The number of carboxylic acid groups (broad SMARTS) is 1. The van der Waals surface area contributed by atoms with Crippen LogP contribution in [0, 0.1) is 5.92 Å². The quantitative estimate of drug-likeness (QED) is 0.874. The molecule has 0 radical (unpaired) electrons. The Hall–Kier alpha value is -2.03. The van der Waals surface area contributed by atoms with Crippen molar-refractivity contribution in [1.82, 2.24) is 0 Å². The number of anilines is 1. The van der Waals surface area contributed by atoms with Crippen molar-refractivity contribution in [1.29, 1.82) is 0 Å². The molecule has 2 N–H and O–H groups in total. The predicted octanol–water partition coefficient (Wildman–Crippen LogP) is 3.75. The second kappa shape index (κ2) is 4.57. The van der Waals surface area contributed by atoms with Gasteiger partial charge in [0.15, 0.2) is 0 Å². The average molecular weight is 255 g/mol. The summed E-state index contributed by atoms with van der Waals surface area (Å²) in [4.78, 5) is 11.2. The highest BCUT2D eigenvalue weighted by molar-refractivity contribution is 6.07. The number of carboxylic acids is 1. The second-order valence-corrected chi connectivity index (χ2v) is 5.17. The summed E-state index contributed by atoms with van der Waals surface area (Å²) < 4.78 is 0. The Morgan fingerprint density at radius 1 is 1.26 bits per heavy atom. The highest BCUT2D eigenvalue weighted by Gasteiger charge is 2.35. The van der Waals surface area contributed by atoms with Gasteiger partial charge in [-0.15, -0.1) is 0 Å². The van der Waals surface area contributed by atoms with Gasteiger partial charge in [-0.3, -0.25) is 0 Å². The molecule has 3 nitrogen and oxygen atoms in total. The normalized spacial score (nSPS) is 21.3. The van der Waals surface area contributed by atoms with Crippen molar-refractivity contribution in [3.8, 4) is 0 Å². The highest BCUT2D eigenvalue weighted by atomic mass is 16.4. The Bertz CT molecular complexity index is 636. The molecule has 3 rings (SSSR count). The van der Waals surface area contributed by atoms with E-state index in [1.165, 1.54) is 12.8 Å². The molecule has 0 aliphatic heterocycles. The van der Waals surface area contributed by atoms with Crippen molar-refractivity contribution in [3.63, 3.8) is 0 Å². The molecule has 2 unspecified atom stereocenters. The third-order valence-electron chi connectivity index (χ3n) is 3.94. The molecule has 1 saturated carbocycles. The first-order chi connectivity index (χ1) is 9.20. The van der Waals surface area contributed by atoms with Crippen LogP contribution < -0.4 is 5.32 Å². The van der Waals surface area contributed by atoms with Gasteiger partial charge in [0.05, 0.1) is 5.56 Å². The number of benzene rings is 2. The molecule has 0 bridgehead atoms. The van der Waals surface area contributed by atoms with Gasteiger partial charge in [-0.05, 0) is 29.9 Å². The van der Waals surface area contributed by atoms with Crippen LogP contribution in [0.5, 0.6) is 0 Å². The standard InChI is InChI=1S/C16H17NO2/c1-2-10-9-15(10)17-14-8-7-13(16(18)19)11-5-3-4-6-12(11)14/h3-8,10,15,17H,2,9H2,1H3,(H,18,19). The van der Waals surface area contributed by atoms with Crippen LogP contribution in [0.1, 0.15) is 30.1 Å². The van der Waals surface area contributed by atoms with Crippen LogP contribution in [0.3, 0.4) is 0 Å². The Morgan fingerprint density at radius 2 is 2.00 bits per heavy atom. The van der Waals surface area contributed by atoms with Crippen molar-refractivity contribution in [3.05, 3.63) is 42.0 Å². The molecule has 0 heterocycles. The lowest BCUT2D eigenvalue weighted by Crippen LogP contribution is -2.06. The first kappa shape index (κ1) is 12.0. The van der Waals surface area contributed by atoms with Gasteiger partial charge in [0.25, 0.3) is 0 Å². The van der Waals surface area contributed by atoms with Crippen LogP contribution in [0.15, 0.2) is 36.4 Å². The van der Waals surface area contributed by atoms with Gasteiger partial charge < -0.3 is 10.4 Å². The summed E-state index contributed by atoms with van der Waals surface area (Å²) in [6.07, 6.45) is 2.41. The number of aromatic carboxylic acids is 1. The minimum absolute atomic E-state index is 0.365. The molecule has 0 saturated heterocycles. The smallest absolute Gasteiger partial charge is 0.336 e. The van der Waals surface area contributed by atoms with E-state index in [-0.39, 0.29) is 0 Å². The largest absolute Gasteiger partial charge is 0.478 e. The monoisotopic (exact) mass is 255 g/mol. The number of hydrogen-bond donors (Lipinski definition) is 2. The van der Waals surface area contributed by atoms with Crippen molar-refractivity contribution in [2.24, 2.45) is 5.92 Å². The van der Waals surface area contributed by atoms with E-state index in [9.17, 15) is 9.90 Å². The molecule has 1 fully saturated rings. The number of carbonyl (C=O) groups is 1. The maximum Gasteiger partial charge on any atom is 0.336 e. The third-order valence-corrected chi connectivity index (χ3v) is 3.94. The predicted molar refractivity (Wildman–Crippen MR) is 76.7 cm³/mol. The summed E-state index contributed by atoms with van der Waals surface area (Å²) in [6.45, 7) is 2.21. The van der Waals surface area contributed by atoms with Crippen molar-refractivity contribution in [2.75, 3.05) is 5.32 Å². The molecule has 0 amide bonds. The molecule has 2 atom stereocenters. The molecule has 2 aromatic rings. The number of rotatable bonds is 4. The zero-order chi connectivity index (χ0) is 13.4. The summed E-state index contributed by atoms with van der Waals surface area (Å²) in [6, 6.07) is 11.8. The summed E-state index contributed by atoms with van der Waals surface area (Å²) in [7, 11) is 0. The lowest BCUT2D eigenvalue weighted by atomic mass is 10.0. The minimum atomic E-state index is -0.874. The van der Waals surface area contributed by atoms with E-state index >= 15 is 0 Å². The van der Waals surface area contributed by atoms with E-state index in [1.54, 1.807) is 6.07 Å². The van der Waals surface area contributed by atoms with Gasteiger partial charge in [-0.25, -0.2) is 4.79 Å². The third kappa shape index (κ3) is 2.16. The summed E-state index contributed by atoms with van der Waals surface area (Å²) in [5.74, 6) is -0.112. The van der Waals surface area contributed by atoms with Crippen molar-refractivity contribution in [2.45, 2.75) is 25.8 Å². The molecule has 1 aliphatic carbocycles. The average Bonchev–Trinajstić information content (AvgIpc) is 3.17. The zero-order valence-corrected chi connectivity index (χ0v) is 10.9. The molecule has 1 aliphatic rings. The first-order valence-electron chi connectivity index (χ1n) is 6.72. The summed E-state index contributed by atoms with van der Waals surface area (Å²) in [5.41, 5.74) is 1.41. The number of fused-ring (bicyclic) bond motifs is 1.